The summed E-state index contributed by atoms with van der Waals surface area (Å²) in [5.41, 5.74) is 1.16. The molecule has 0 aliphatic heterocycles. The van der Waals surface area contributed by atoms with Crippen molar-refractivity contribution < 1.29 is 0 Å². The lowest BCUT2D eigenvalue weighted by Crippen LogP contribution is -1.92. The van der Waals surface area contributed by atoms with Gasteiger partial charge in [-0.25, -0.2) is 0 Å². The van der Waals surface area contributed by atoms with Crippen molar-refractivity contribution in [3.05, 3.63) is 52.6 Å². The highest BCUT2D eigenvalue weighted by atomic mass is 127. The molecule has 0 saturated carbocycles. The quantitative estimate of drug-likeness (QED) is 0.346. The van der Waals surface area contributed by atoms with Crippen LogP contribution in [-0.2, 0) is 0 Å². The van der Waals surface area contributed by atoms with Gasteiger partial charge in [0.15, 0.2) is 0 Å². The van der Waals surface area contributed by atoms with E-state index in [9.17, 15) is 0 Å². The molecule has 5 heteroatoms. The summed E-state index contributed by atoms with van der Waals surface area (Å²) in [5, 5.41) is -0.0827. The van der Waals surface area contributed by atoms with E-state index >= 15 is 0 Å². The lowest BCUT2D eigenvalue weighted by molar-refractivity contribution is 1.17. The van der Waals surface area contributed by atoms with Crippen LogP contribution >= 0.6 is 77.4 Å². The number of hydrogen-bond acceptors (Lipinski definition) is 1. The lowest BCUT2D eigenvalue weighted by Gasteiger charge is -2.09. The molecule has 84 valence electrons. The first-order valence-corrected chi connectivity index (χ1v) is 8.34. The van der Waals surface area contributed by atoms with Crippen LogP contribution in [0.1, 0.15) is 15.8 Å². The topological polar surface area (TPSA) is 0 Å². The van der Waals surface area contributed by atoms with Crippen molar-refractivity contribution in [2.75, 3.05) is 0 Å². The lowest BCUT2D eigenvalue weighted by atomic mass is 10.1. The Morgan fingerprint density at radius 1 is 1.25 bits per heavy atom. The molecule has 0 amide bonds. The van der Waals surface area contributed by atoms with E-state index in [-0.39, 0.29) is 5.38 Å². The van der Waals surface area contributed by atoms with E-state index in [0.717, 1.165) is 18.7 Å². The second-order valence-electron chi connectivity index (χ2n) is 3.15. The molecule has 0 N–H and O–H groups in total. The molecule has 2 aromatic rings. The zero-order valence-corrected chi connectivity index (χ0v) is 14.8. The number of rotatable bonds is 2. The van der Waals surface area contributed by atoms with E-state index in [1.165, 1.54) is 3.57 Å². The molecular formula is C11H6Br2ClIS. The van der Waals surface area contributed by atoms with E-state index < -0.39 is 0 Å². The van der Waals surface area contributed by atoms with Crippen molar-refractivity contribution in [3.8, 4) is 0 Å². The van der Waals surface area contributed by atoms with Crippen LogP contribution < -0.4 is 0 Å². The third-order valence-corrected chi connectivity index (χ3v) is 7.00. The average Bonchev–Trinajstić information content (AvgIpc) is 2.59. The Morgan fingerprint density at radius 3 is 2.50 bits per heavy atom. The summed E-state index contributed by atoms with van der Waals surface area (Å²) in [7, 11) is 0. The molecule has 0 bridgehead atoms. The van der Waals surface area contributed by atoms with Crippen LogP contribution in [0.5, 0.6) is 0 Å². The highest BCUT2D eigenvalue weighted by Crippen LogP contribution is 2.41. The molecule has 1 heterocycles. The van der Waals surface area contributed by atoms with Gasteiger partial charge in [-0.3, -0.25) is 0 Å². The van der Waals surface area contributed by atoms with Crippen molar-refractivity contribution in [3.63, 3.8) is 0 Å². The minimum atomic E-state index is -0.0827. The van der Waals surface area contributed by atoms with Crippen LogP contribution in [0.2, 0.25) is 0 Å². The Bertz CT molecular complexity index is 493. The molecule has 0 spiro atoms. The number of benzene rings is 1. The maximum absolute atomic E-state index is 6.49. The number of thiophene rings is 1. The number of halogens is 4. The first-order valence-electron chi connectivity index (χ1n) is 4.43. The predicted molar refractivity (Wildman–Crippen MR) is 86.6 cm³/mol. The minimum absolute atomic E-state index is 0.0827. The maximum atomic E-state index is 6.49. The van der Waals surface area contributed by atoms with Gasteiger partial charge in [-0.05, 0) is 72.1 Å². The third-order valence-electron chi connectivity index (χ3n) is 2.09. The van der Waals surface area contributed by atoms with Crippen molar-refractivity contribution in [1.29, 1.82) is 0 Å². The van der Waals surface area contributed by atoms with Gasteiger partial charge in [0, 0.05) is 12.9 Å². The van der Waals surface area contributed by atoms with Gasteiger partial charge in [0.1, 0.15) is 0 Å². The number of alkyl halides is 1. The third kappa shape index (κ3) is 2.83. The Hall–Kier alpha value is 0.900. The molecule has 1 atom stereocenters. The van der Waals surface area contributed by atoms with Gasteiger partial charge in [0.05, 0.1) is 9.16 Å². The average molecular weight is 492 g/mol. The zero-order valence-electron chi connectivity index (χ0n) is 7.88. The molecule has 1 unspecified atom stereocenters. The van der Waals surface area contributed by atoms with Crippen LogP contribution in [0.15, 0.2) is 38.6 Å². The largest absolute Gasteiger partial charge is 0.130 e. The van der Waals surface area contributed by atoms with Gasteiger partial charge in [-0.15, -0.1) is 22.9 Å². The van der Waals surface area contributed by atoms with Crippen LogP contribution in [0.3, 0.4) is 0 Å². The monoisotopic (exact) mass is 490 g/mol. The predicted octanol–water partition coefficient (Wildman–Crippen LogP) is 6.21. The highest BCUT2D eigenvalue weighted by molar-refractivity contribution is 14.1. The molecule has 16 heavy (non-hydrogen) atoms. The van der Waals surface area contributed by atoms with E-state index in [1.54, 1.807) is 11.3 Å². The summed E-state index contributed by atoms with van der Waals surface area (Å²) < 4.78 is 3.34. The summed E-state index contributed by atoms with van der Waals surface area (Å²) in [5.74, 6) is 0. The molecule has 0 aliphatic carbocycles. The standard InChI is InChI=1S/C11H6Br2ClIS/c12-7-5-9(16-11(7)13)10(14)6-3-1-2-4-8(6)15/h1-5,10H. The van der Waals surface area contributed by atoms with Crippen LogP contribution in [0.25, 0.3) is 0 Å². The Kier molecular flexibility index (Phi) is 4.74. The van der Waals surface area contributed by atoms with Crippen LogP contribution in [-0.4, -0.2) is 0 Å². The Morgan fingerprint density at radius 2 is 1.94 bits per heavy atom. The second kappa shape index (κ2) is 5.69. The van der Waals surface area contributed by atoms with Crippen LogP contribution in [0.4, 0.5) is 0 Å². The molecule has 0 saturated heterocycles. The van der Waals surface area contributed by atoms with Crippen molar-refractivity contribution in [2.45, 2.75) is 5.38 Å². The van der Waals surface area contributed by atoms with Gasteiger partial charge in [-0.1, -0.05) is 18.2 Å². The van der Waals surface area contributed by atoms with Gasteiger partial charge in [0.25, 0.3) is 0 Å². The van der Waals surface area contributed by atoms with E-state index in [1.807, 2.05) is 12.1 Å². The summed E-state index contributed by atoms with van der Waals surface area (Å²) in [4.78, 5) is 1.14. The fourth-order valence-corrected chi connectivity index (χ4v) is 4.68. The first kappa shape index (κ1) is 13.3. The summed E-state index contributed by atoms with van der Waals surface area (Å²) in [6.07, 6.45) is 0. The van der Waals surface area contributed by atoms with E-state index in [0.29, 0.717) is 0 Å². The SMILES string of the molecule is ClC(c1cc(Br)c(Br)s1)c1ccccc1I. The molecule has 1 aromatic carbocycles. The normalized spacial score (nSPS) is 12.8. The molecular weight excluding hydrogens is 486 g/mol. The van der Waals surface area contributed by atoms with Crippen LogP contribution in [0, 0.1) is 3.57 Å². The molecule has 0 nitrogen and oxygen atoms in total. The zero-order chi connectivity index (χ0) is 11.7. The van der Waals surface area contributed by atoms with E-state index in [2.05, 4.69) is 72.6 Å². The maximum Gasteiger partial charge on any atom is 0.0938 e. The molecule has 0 radical (unpaired) electrons. The minimum Gasteiger partial charge on any atom is -0.130 e. The van der Waals surface area contributed by atoms with Crippen molar-refractivity contribution in [2.24, 2.45) is 0 Å². The molecule has 2 rings (SSSR count). The van der Waals surface area contributed by atoms with E-state index in [4.69, 9.17) is 11.6 Å². The fourth-order valence-electron chi connectivity index (χ4n) is 1.32. The summed E-state index contributed by atoms with van der Waals surface area (Å²) in [6, 6.07) is 10.2. The van der Waals surface area contributed by atoms with Crippen molar-refractivity contribution >= 4 is 77.4 Å². The Labute approximate surface area is 134 Å². The van der Waals surface area contributed by atoms with Crippen molar-refractivity contribution in [1.82, 2.24) is 0 Å². The molecule has 0 fully saturated rings. The fraction of sp³-hybridized carbons (Fsp3) is 0.0909. The van der Waals surface area contributed by atoms with Gasteiger partial charge in [-0.2, -0.15) is 0 Å². The number of hydrogen-bond donors (Lipinski definition) is 0. The van der Waals surface area contributed by atoms with Gasteiger partial charge in [0.2, 0.25) is 0 Å². The summed E-state index contributed by atoms with van der Waals surface area (Å²) >= 11 is 17.4. The molecule has 1 aromatic heterocycles. The Balaban J connectivity index is 2.39. The van der Waals surface area contributed by atoms with Gasteiger partial charge >= 0.3 is 0 Å². The summed E-state index contributed by atoms with van der Waals surface area (Å²) in [6.45, 7) is 0. The smallest absolute Gasteiger partial charge is 0.0938 e. The van der Waals surface area contributed by atoms with Gasteiger partial charge < -0.3 is 0 Å². The highest BCUT2D eigenvalue weighted by Gasteiger charge is 2.17. The second-order valence-corrected chi connectivity index (χ2v) is 8.01. The first-order chi connectivity index (χ1) is 7.59. The molecule has 0 aliphatic rings.